The van der Waals surface area contributed by atoms with Gasteiger partial charge in [0.05, 0.1) is 18.7 Å². The molecule has 25 heavy (non-hydrogen) atoms. The number of hydrogen-bond acceptors (Lipinski definition) is 5. The van der Waals surface area contributed by atoms with Gasteiger partial charge in [0, 0.05) is 32.7 Å². The van der Waals surface area contributed by atoms with Crippen molar-refractivity contribution in [3.05, 3.63) is 29.8 Å². The maximum Gasteiger partial charge on any atom is 0.237 e. The normalized spacial score (nSPS) is 18.6. The average molecular weight is 349 g/mol. The number of carbonyl (C=O) groups excluding carboxylic acids is 1. The summed E-state index contributed by atoms with van der Waals surface area (Å²) in [5.41, 5.74) is 1.16. The minimum absolute atomic E-state index is 0.0387. The molecule has 2 atom stereocenters. The molecule has 0 bridgehead atoms. The summed E-state index contributed by atoms with van der Waals surface area (Å²) < 4.78 is 5.65. The zero-order valence-corrected chi connectivity index (χ0v) is 15.6. The lowest BCUT2D eigenvalue weighted by molar-refractivity contribution is -0.126. The molecule has 140 valence electrons. The summed E-state index contributed by atoms with van der Waals surface area (Å²) in [7, 11) is 0. The van der Waals surface area contributed by atoms with Gasteiger partial charge in [0.2, 0.25) is 5.91 Å². The highest BCUT2D eigenvalue weighted by molar-refractivity contribution is 5.81. The molecular weight excluding hydrogens is 318 g/mol. The molecule has 1 amide bonds. The average Bonchev–Trinajstić information content (AvgIpc) is 2.58. The van der Waals surface area contributed by atoms with Gasteiger partial charge in [-0.1, -0.05) is 12.1 Å². The van der Waals surface area contributed by atoms with Crippen LogP contribution in [0.5, 0.6) is 5.75 Å². The molecule has 1 aromatic carbocycles. The van der Waals surface area contributed by atoms with Crippen molar-refractivity contribution in [2.75, 3.05) is 45.9 Å². The van der Waals surface area contributed by atoms with E-state index in [-0.39, 0.29) is 18.1 Å². The topological polar surface area (TPSA) is 65.0 Å². The van der Waals surface area contributed by atoms with Crippen molar-refractivity contribution in [3.63, 3.8) is 0 Å². The lowest BCUT2D eigenvalue weighted by Crippen LogP contribution is -2.54. The largest absolute Gasteiger partial charge is 0.492 e. The van der Waals surface area contributed by atoms with Gasteiger partial charge in [-0.3, -0.25) is 14.6 Å². The second kappa shape index (κ2) is 9.75. The SMILES string of the molecule is Cc1cccc(OCCNC(=O)C(C)N2CCN(CC(C)O)CC2)c1. The quantitative estimate of drug-likeness (QED) is 0.682. The first-order valence-corrected chi connectivity index (χ1v) is 9.07. The number of carbonyl (C=O) groups is 1. The zero-order valence-electron chi connectivity index (χ0n) is 15.6. The molecule has 1 fully saturated rings. The molecule has 0 spiro atoms. The van der Waals surface area contributed by atoms with Crippen LogP contribution < -0.4 is 10.1 Å². The lowest BCUT2D eigenvalue weighted by Gasteiger charge is -2.37. The summed E-state index contributed by atoms with van der Waals surface area (Å²) in [5.74, 6) is 0.869. The number of nitrogens with one attached hydrogen (secondary N) is 1. The summed E-state index contributed by atoms with van der Waals surface area (Å²) in [6.07, 6.45) is -0.305. The Kier molecular flexibility index (Phi) is 7.68. The summed E-state index contributed by atoms with van der Waals surface area (Å²) in [4.78, 5) is 16.7. The second-order valence-electron chi connectivity index (χ2n) is 6.82. The minimum Gasteiger partial charge on any atom is -0.492 e. The fourth-order valence-corrected chi connectivity index (χ4v) is 3.07. The Labute approximate surface area is 150 Å². The van der Waals surface area contributed by atoms with Crippen molar-refractivity contribution in [1.82, 2.24) is 15.1 Å². The first-order valence-electron chi connectivity index (χ1n) is 9.07. The Morgan fingerprint density at radius 2 is 2.00 bits per heavy atom. The molecule has 1 aliphatic rings. The second-order valence-corrected chi connectivity index (χ2v) is 6.82. The van der Waals surface area contributed by atoms with Gasteiger partial charge in [0.25, 0.3) is 0 Å². The number of aliphatic hydroxyl groups is 1. The summed E-state index contributed by atoms with van der Waals surface area (Å²) in [6.45, 7) is 10.9. The predicted molar refractivity (Wildman–Crippen MR) is 98.8 cm³/mol. The molecule has 1 saturated heterocycles. The lowest BCUT2D eigenvalue weighted by atomic mass is 10.2. The fourth-order valence-electron chi connectivity index (χ4n) is 3.07. The highest BCUT2D eigenvalue weighted by atomic mass is 16.5. The van der Waals surface area contributed by atoms with E-state index in [0.29, 0.717) is 19.7 Å². The van der Waals surface area contributed by atoms with E-state index >= 15 is 0 Å². The van der Waals surface area contributed by atoms with Gasteiger partial charge < -0.3 is 15.2 Å². The first-order chi connectivity index (χ1) is 12.0. The molecule has 6 nitrogen and oxygen atoms in total. The maximum absolute atomic E-state index is 12.3. The highest BCUT2D eigenvalue weighted by Crippen LogP contribution is 2.12. The molecule has 0 radical (unpaired) electrons. The highest BCUT2D eigenvalue weighted by Gasteiger charge is 2.25. The van der Waals surface area contributed by atoms with Crippen LogP contribution in [0.15, 0.2) is 24.3 Å². The first kappa shape index (κ1) is 19.7. The number of amides is 1. The number of rotatable bonds is 8. The number of nitrogens with zero attached hydrogens (tertiary/aromatic N) is 2. The fraction of sp³-hybridized carbons (Fsp3) is 0.632. The number of hydrogen-bond donors (Lipinski definition) is 2. The molecule has 6 heteroatoms. The minimum atomic E-state index is -0.305. The third-order valence-corrected chi connectivity index (χ3v) is 4.52. The number of ether oxygens (including phenoxy) is 1. The number of piperazine rings is 1. The van der Waals surface area contributed by atoms with E-state index in [0.717, 1.165) is 37.5 Å². The van der Waals surface area contributed by atoms with E-state index in [1.807, 2.05) is 38.1 Å². The third-order valence-electron chi connectivity index (χ3n) is 4.52. The van der Waals surface area contributed by atoms with Gasteiger partial charge in [-0.2, -0.15) is 0 Å². The van der Waals surface area contributed by atoms with Gasteiger partial charge in [0.15, 0.2) is 0 Å². The maximum atomic E-state index is 12.3. The number of benzene rings is 1. The molecule has 0 aromatic heterocycles. The standard InChI is InChI=1S/C19H31N3O3/c1-15-5-4-6-18(13-15)25-12-7-20-19(24)17(3)22-10-8-21(9-11-22)14-16(2)23/h4-6,13,16-17,23H,7-12,14H2,1-3H3,(H,20,24). The monoisotopic (exact) mass is 349 g/mol. The van der Waals surface area contributed by atoms with Crippen molar-refractivity contribution >= 4 is 5.91 Å². The zero-order chi connectivity index (χ0) is 18.2. The van der Waals surface area contributed by atoms with Gasteiger partial charge in [-0.05, 0) is 38.5 Å². The number of aryl methyl sites for hydroxylation is 1. The van der Waals surface area contributed by atoms with Crippen LogP contribution in [0.3, 0.4) is 0 Å². The van der Waals surface area contributed by atoms with Crippen molar-refractivity contribution in [1.29, 1.82) is 0 Å². The van der Waals surface area contributed by atoms with Crippen molar-refractivity contribution < 1.29 is 14.6 Å². The van der Waals surface area contributed by atoms with Gasteiger partial charge in [-0.25, -0.2) is 0 Å². The van der Waals surface area contributed by atoms with E-state index < -0.39 is 0 Å². The smallest absolute Gasteiger partial charge is 0.237 e. The van der Waals surface area contributed by atoms with Gasteiger partial charge in [0.1, 0.15) is 12.4 Å². The summed E-state index contributed by atoms with van der Waals surface area (Å²) in [6, 6.07) is 7.74. The van der Waals surface area contributed by atoms with E-state index in [2.05, 4.69) is 15.1 Å². The molecule has 1 aliphatic heterocycles. The van der Waals surface area contributed by atoms with Crippen LogP contribution >= 0.6 is 0 Å². The van der Waals surface area contributed by atoms with Crippen LogP contribution in [0, 0.1) is 6.92 Å². The van der Waals surface area contributed by atoms with Crippen LogP contribution in [0.1, 0.15) is 19.4 Å². The molecule has 2 rings (SSSR count). The Hall–Kier alpha value is -1.63. The van der Waals surface area contributed by atoms with Crippen LogP contribution in [-0.2, 0) is 4.79 Å². The Morgan fingerprint density at radius 1 is 1.28 bits per heavy atom. The molecule has 2 unspecified atom stereocenters. The number of aliphatic hydroxyl groups excluding tert-OH is 1. The molecule has 0 saturated carbocycles. The third kappa shape index (κ3) is 6.65. The van der Waals surface area contributed by atoms with Crippen molar-refractivity contribution in [2.45, 2.75) is 32.9 Å². The van der Waals surface area contributed by atoms with E-state index in [9.17, 15) is 9.90 Å². The van der Waals surface area contributed by atoms with Crippen molar-refractivity contribution in [2.24, 2.45) is 0 Å². The van der Waals surface area contributed by atoms with Crippen LogP contribution in [0.2, 0.25) is 0 Å². The summed E-state index contributed by atoms with van der Waals surface area (Å²) in [5, 5.41) is 12.4. The van der Waals surface area contributed by atoms with Crippen LogP contribution in [0.4, 0.5) is 0 Å². The Morgan fingerprint density at radius 3 is 2.64 bits per heavy atom. The van der Waals surface area contributed by atoms with Crippen molar-refractivity contribution in [3.8, 4) is 5.75 Å². The van der Waals surface area contributed by atoms with Crippen LogP contribution in [-0.4, -0.2) is 78.8 Å². The van der Waals surface area contributed by atoms with E-state index in [1.54, 1.807) is 6.92 Å². The molecule has 1 heterocycles. The van der Waals surface area contributed by atoms with Crippen LogP contribution in [0.25, 0.3) is 0 Å². The molecule has 1 aromatic rings. The van der Waals surface area contributed by atoms with Gasteiger partial charge >= 0.3 is 0 Å². The summed E-state index contributed by atoms with van der Waals surface area (Å²) >= 11 is 0. The molecule has 2 N–H and O–H groups in total. The predicted octanol–water partition coefficient (Wildman–Crippen LogP) is 0.877. The van der Waals surface area contributed by atoms with E-state index in [4.69, 9.17) is 4.74 Å². The molecule has 0 aliphatic carbocycles. The Balaban J connectivity index is 1.65. The van der Waals surface area contributed by atoms with Gasteiger partial charge in [-0.15, -0.1) is 0 Å². The van der Waals surface area contributed by atoms with E-state index in [1.165, 1.54) is 0 Å². The Bertz CT molecular complexity index is 542. The molecular formula is C19H31N3O3. The number of β-amino-alcohol motifs (C(OH)–C–C–N with tert-alkyl or cyclic N) is 1.